The Labute approximate surface area is 124 Å². The molecule has 10 heteroatoms. The largest absolute Gasteiger partial charge is 0.387 e. The van der Waals surface area contributed by atoms with Gasteiger partial charge >= 0.3 is 0 Å². The van der Waals surface area contributed by atoms with Crippen LogP contribution in [0.4, 0.5) is 5.82 Å². The maximum absolute atomic E-state index is 11.9. The fourth-order valence-corrected chi connectivity index (χ4v) is 2.44. The molecule has 0 spiro atoms. The van der Waals surface area contributed by atoms with Crippen LogP contribution in [0.1, 0.15) is 13.2 Å². The zero-order chi connectivity index (χ0) is 15.9. The summed E-state index contributed by atoms with van der Waals surface area (Å²) in [5.41, 5.74) is 6.40. The molecule has 0 aromatic carbocycles. The van der Waals surface area contributed by atoms with E-state index in [1.807, 2.05) is 0 Å². The summed E-state index contributed by atoms with van der Waals surface area (Å²) in [5.74, 6) is -0.299. The van der Waals surface area contributed by atoms with E-state index < -0.39 is 30.4 Å². The molecular weight excluding hydrogens is 292 g/mol. The summed E-state index contributed by atoms with van der Waals surface area (Å²) in [7, 11) is 0. The maximum Gasteiger partial charge on any atom is 0.252 e. The van der Waals surface area contributed by atoms with Crippen molar-refractivity contribution in [2.24, 2.45) is 0 Å². The van der Waals surface area contributed by atoms with E-state index in [2.05, 4.69) is 20.3 Å². The molecule has 1 amide bonds. The lowest BCUT2D eigenvalue weighted by molar-refractivity contribution is -0.137. The van der Waals surface area contributed by atoms with Crippen molar-refractivity contribution in [3.8, 4) is 0 Å². The number of ether oxygens (including phenoxy) is 1. The predicted octanol–water partition coefficient (Wildman–Crippen LogP) is -1.84. The zero-order valence-corrected chi connectivity index (χ0v) is 11.7. The third-order valence-electron chi connectivity index (χ3n) is 3.51. The number of likely N-dealkylation sites (N-methyl/N-ethyl adjacent to an activating group) is 1. The molecule has 1 saturated heterocycles. The molecule has 2 aromatic rings. The molecule has 3 heterocycles. The third kappa shape index (κ3) is 2.17. The van der Waals surface area contributed by atoms with Crippen molar-refractivity contribution in [3.63, 3.8) is 0 Å². The number of aliphatic hydroxyl groups excluding tert-OH is 2. The van der Waals surface area contributed by atoms with Gasteiger partial charge in [0.2, 0.25) is 0 Å². The Morgan fingerprint density at radius 1 is 1.41 bits per heavy atom. The van der Waals surface area contributed by atoms with Gasteiger partial charge in [-0.1, -0.05) is 0 Å². The van der Waals surface area contributed by atoms with Crippen LogP contribution in [0, 0.1) is 0 Å². The van der Waals surface area contributed by atoms with Gasteiger partial charge in [0.1, 0.15) is 24.1 Å². The predicted molar refractivity (Wildman–Crippen MR) is 74.3 cm³/mol. The van der Waals surface area contributed by atoms with E-state index in [1.54, 1.807) is 6.92 Å². The van der Waals surface area contributed by atoms with Crippen LogP contribution in [0.2, 0.25) is 0 Å². The molecule has 118 valence electrons. The second-order valence-electron chi connectivity index (χ2n) is 4.91. The number of imidazole rings is 1. The van der Waals surface area contributed by atoms with Gasteiger partial charge in [-0.05, 0) is 6.92 Å². The smallest absolute Gasteiger partial charge is 0.252 e. The highest BCUT2D eigenvalue weighted by Gasteiger charge is 2.47. The fraction of sp³-hybridized carbons (Fsp3) is 0.500. The fourth-order valence-electron chi connectivity index (χ4n) is 2.44. The lowest BCUT2D eigenvalue weighted by Gasteiger charge is -2.16. The second-order valence-corrected chi connectivity index (χ2v) is 4.91. The Hall–Kier alpha value is -2.30. The zero-order valence-electron chi connectivity index (χ0n) is 11.7. The van der Waals surface area contributed by atoms with Crippen LogP contribution in [0.3, 0.4) is 0 Å². The van der Waals surface area contributed by atoms with E-state index in [-0.39, 0.29) is 5.82 Å². The molecule has 5 N–H and O–H groups in total. The number of aromatic nitrogens is 4. The molecular formula is C12H16N6O4. The molecule has 0 radical (unpaired) electrons. The average Bonchev–Trinajstić information content (AvgIpc) is 3.03. The van der Waals surface area contributed by atoms with Crippen LogP contribution in [0.25, 0.3) is 11.2 Å². The summed E-state index contributed by atoms with van der Waals surface area (Å²) < 4.78 is 6.92. The molecule has 22 heavy (non-hydrogen) atoms. The number of amides is 1. The average molecular weight is 308 g/mol. The molecule has 0 saturated carbocycles. The number of nitrogens with one attached hydrogen (secondary N) is 1. The highest BCUT2D eigenvalue weighted by atomic mass is 16.6. The van der Waals surface area contributed by atoms with Crippen molar-refractivity contribution >= 4 is 22.9 Å². The minimum Gasteiger partial charge on any atom is -0.387 e. The van der Waals surface area contributed by atoms with E-state index in [0.29, 0.717) is 17.7 Å². The van der Waals surface area contributed by atoms with Crippen molar-refractivity contribution < 1.29 is 19.7 Å². The molecule has 0 unspecified atom stereocenters. The lowest BCUT2D eigenvalue weighted by atomic mass is 10.1. The van der Waals surface area contributed by atoms with E-state index >= 15 is 0 Å². The normalized spacial score (nSPS) is 28.1. The van der Waals surface area contributed by atoms with E-state index in [0.717, 1.165) is 0 Å². The molecule has 4 atom stereocenters. The van der Waals surface area contributed by atoms with Crippen LogP contribution in [-0.4, -0.2) is 60.5 Å². The molecule has 10 nitrogen and oxygen atoms in total. The molecule has 1 fully saturated rings. The Bertz CT molecular complexity index is 704. The van der Waals surface area contributed by atoms with Gasteiger partial charge in [-0.3, -0.25) is 9.36 Å². The van der Waals surface area contributed by atoms with Crippen molar-refractivity contribution in [1.82, 2.24) is 24.8 Å². The summed E-state index contributed by atoms with van der Waals surface area (Å²) >= 11 is 0. The van der Waals surface area contributed by atoms with E-state index in [9.17, 15) is 15.0 Å². The lowest BCUT2D eigenvalue weighted by Crippen LogP contribution is -2.42. The number of anilines is 1. The van der Waals surface area contributed by atoms with Gasteiger partial charge in [-0.25, -0.2) is 15.0 Å². The number of carbonyl (C=O) groups excluding carboxylic acids is 1. The second kappa shape index (κ2) is 5.48. The van der Waals surface area contributed by atoms with Crippen LogP contribution in [-0.2, 0) is 9.53 Å². The third-order valence-corrected chi connectivity index (χ3v) is 3.51. The maximum atomic E-state index is 11.9. The van der Waals surface area contributed by atoms with Crippen LogP contribution in [0.15, 0.2) is 12.7 Å². The van der Waals surface area contributed by atoms with E-state index in [1.165, 1.54) is 17.2 Å². The topological polar surface area (TPSA) is 148 Å². The Morgan fingerprint density at radius 3 is 2.91 bits per heavy atom. The summed E-state index contributed by atoms with van der Waals surface area (Å²) in [5, 5.41) is 22.7. The molecule has 1 aliphatic heterocycles. The first-order valence-corrected chi connectivity index (χ1v) is 6.77. The van der Waals surface area contributed by atoms with Crippen molar-refractivity contribution in [3.05, 3.63) is 12.7 Å². The van der Waals surface area contributed by atoms with E-state index in [4.69, 9.17) is 10.5 Å². The number of aliphatic hydroxyl groups is 2. The Balaban J connectivity index is 1.94. The number of nitrogens with zero attached hydrogens (tertiary/aromatic N) is 4. The molecule has 1 aliphatic rings. The molecule has 2 aromatic heterocycles. The van der Waals surface area contributed by atoms with Crippen LogP contribution in [0.5, 0.6) is 0 Å². The SMILES string of the molecule is CCNC(=O)[C@H]1O[C@@H](n2cnc3c(N)ncnc32)[C@@H](O)[C@H]1O. The summed E-state index contributed by atoms with van der Waals surface area (Å²) in [6, 6.07) is 0. The Morgan fingerprint density at radius 2 is 2.18 bits per heavy atom. The van der Waals surface area contributed by atoms with Gasteiger partial charge in [0.15, 0.2) is 23.8 Å². The van der Waals surface area contributed by atoms with Gasteiger partial charge in [-0.15, -0.1) is 0 Å². The standard InChI is InChI=1S/C12H16N6O4/c1-2-14-11(21)8-6(19)7(20)12(22-8)18-4-17-5-9(13)15-3-16-10(5)18/h3-4,6-8,12,19-20H,2H2,1H3,(H,14,21)(H2,13,15,16)/t6-,7+,8+,12-/m1/s1. The number of nitrogens with two attached hydrogens (primary N) is 1. The quantitative estimate of drug-likeness (QED) is 0.517. The molecule has 3 rings (SSSR count). The highest BCUT2D eigenvalue weighted by molar-refractivity contribution is 5.82. The van der Waals surface area contributed by atoms with Crippen LogP contribution < -0.4 is 11.1 Å². The number of rotatable bonds is 3. The van der Waals surface area contributed by atoms with Gasteiger partial charge < -0.3 is 26.0 Å². The number of carbonyl (C=O) groups is 1. The first-order valence-electron chi connectivity index (χ1n) is 6.77. The molecule has 0 bridgehead atoms. The highest BCUT2D eigenvalue weighted by Crippen LogP contribution is 2.31. The number of fused-ring (bicyclic) bond motifs is 1. The molecule has 0 aliphatic carbocycles. The van der Waals surface area contributed by atoms with Gasteiger partial charge in [0, 0.05) is 6.54 Å². The minimum absolute atomic E-state index is 0.192. The summed E-state index contributed by atoms with van der Waals surface area (Å²) in [6.07, 6.45) is -2.20. The Kier molecular flexibility index (Phi) is 3.64. The number of nitrogen functional groups attached to an aromatic ring is 1. The van der Waals surface area contributed by atoms with Gasteiger partial charge in [0.25, 0.3) is 5.91 Å². The minimum atomic E-state index is -1.35. The van der Waals surface area contributed by atoms with Crippen molar-refractivity contribution in [1.29, 1.82) is 0 Å². The van der Waals surface area contributed by atoms with Gasteiger partial charge in [-0.2, -0.15) is 0 Å². The van der Waals surface area contributed by atoms with Crippen molar-refractivity contribution in [2.75, 3.05) is 12.3 Å². The van der Waals surface area contributed by atoms with Crippen molar-refractivity contribution in [2.45, 2.75) is 31.5 Å². The van der Waals surface area contributed by atoms with Crippen LogP contribution >= 0.6 is 0 Å². The summed E-state index contributed by atoms with van der Waals surface area (Å²) in [6.45, 7) is 2.14. The summed E-state index contributed by atoms with van der Waals surface area (Å²) in [4.78, 5) is 23.8. The first kappa shape index (κ1) is 14.6. The van der Waals surface area contributed by atoms with Gasteiger partial charge in [0.05, 0.1) is 6.33 Å². The number of hydrogen-bond donors (Lipinski definition) is 4. The number of hydrogen-bond acceptors (Lipinski definition) is 8. The monoisotopic (exact) mass is 308 g/mol. The first-order chi connectivity index (χ1) is 10.5.